The van der Waals surface area contributed by atoms with Crippen molar-refractivity contribution in [2.24, 2.45) is 10.7 Å². The highest BCUT2D eigenvalue weighted by molar-refractivity contribution is 6.34. The van der Waals surface area contributed by atoms with Crippen molar-refractivity contribution in [1.82, 2.24) is 0 Å². The van der Waals surface area contributed by atoms with E-state index in [1.165, 1.54) is 30.3 Å². The molecule has 0 saturated heterocycles. The summed E-state index contributed by atoms with van der Waals surface area (Å²) in [5.74, 6) is -2.10. The van der Waals surface area contributed by atoms with Crippen LogP contribution >= 0.6 is 23.2 Å². The van der Waals surface area contributed by atoms with Gasteiger partial charge in [0.25, 0.3) is 0 Å². The number of carboxylic acids is 1. The van der Waals surface area contributed by atoms with Gasteiger partial charge < -0.3 is 15.6 Å². The number of hydrogen-bond donors (Lipinski definition) is 3. The SMILES string of the molecule is CCOC(=O)Nc1cccc(C2(C(=O)O)N=c3cc(Cl)cc(Cl)c3=C2C=CC(N)=O)c1. The number of nitrogens with zero attached hydrogens (tertiary/aromatic N) is 1. The maximum atomic E-state index is 12.6. The minimum absolute atomic E-state index is 0.128. The van der Waals surface area contributed by atoms with Crippen molar-refractivity contribution in [3.8, 4) is 0 Å². The third-order valence-corrected chi connectivity index (χ3v) is 5.02. The predicted octanol–water partition coefficient (Wildman–Crippen LogP) is 2.37. The van der Waals surface area contributed by atoms with E-state index >= 15 is 0 Å². The number of primary amides is 1. The molecule has 1 heterocycles. The largest absolute Gasteiger partial charge is 0.479 e. The van der Waals surface area contributed by atoms with E-state index in [9.17, 15) is 19.5 Å². The van der Waals surface area contributed by atoms with Crippen molar-refractivity contribution >= 4 is 52.4 Å². The number of rotatable bonds is 6. The maximum absolute atomic E-state index is 12.6. The molecule has 160 valence electrons. The van der Waals surface area contributed by atoms with E-state index in [-0.39, 0.29) is 33.1 Å². The first-order valence-corrected chi connectivity index (χ1v) is 9.79. The lowest BCUT2D eigenvalue weighted by Crippen LogP contribution is -2.35. The summed E-state index contributed by atoms with van der Waals surface area (Å²) >= 11 is 12.4. The van der Waals surface area contributed by atoms with E-state index in [2.05, 4.69) is 10.3 Å². The Morgan fingerprint density at radius 2 is 2.00 bits per heavy atom. The Balaban J connectivity index is 2.30. The summed E-state index contributed by atoms with van der Waals surface area (Å²) in [6.45, 7) is 1.83. The zero-order valence-corrected chi connectivity index (χ0v) is 17.7. The first-order chi connectivity index (χ1) is 14.7. The molecule has 2 aromatic carbocycles. The quantitative estimate of drug-likeness (QED) is 0.568. The van der Waals surface area contributed by atoms with E-state index in [0.717, 1.165) is 6.08 Å². The zero-order valence-electron chi connectivity index (χ0n) is 16.2. The van der Waals surface area contributed by atoms with Gasteiger partial charge in [-0.1, -0.05) is 35.3 Å². The average Bonchev–Trinajstić information content (AvgIpc) is 3.02. The Morgan fingerprint density at radius 3 is 2.65 bits per heavy atom. The molecule has 1 atom stereocenters. The van der Waals surface area contributed by atoms with Crippen LogP contribution in [0.4, 0.5) is 10.5 Å². The summed E-state index contributed by atoms with van der Waals surface area (Å²) in [5.41, 5.74) is 3.90. The number of ether oxygens (including phenoxy) is 1. The Bertz CT molecular complexity index is 1240. The molecule has 0 bridgehead atoms. The van der Waals surface area contributed by atoms with Crippen LogP contribution in [-0.4, -0.2) is 29.7 Å². The number of halogens is 2. The number of aliphatic carboxylic acids is 1. The number of carbonyl (C=O) groups is 3. The van der Waals surface area contributed by atoms with Gasteiger partial charge in [0.15, 0.2) is 0 Å². The fraction of sp³-hybridized carbons (Fsp3) is 0.143. The summed E-state index contributed by atoms with van der Waals surface area (Å²) in [7, 11) is 0. The molecule has 0 saturated carbocycles. The van der Waals surface area contributed by atoms with Crippen molar-refractivity contribution in [2.75, 3.05) is 11.9 Å². The van der Waals surface area contributed by atoms with Crippen LogP contribution < -0.4 is 21.6 Å². The molecule has 1 aliphatic rings. The molecule has 1 unspecified atom stereocenters. The van der Waals surface area contributed by atoms with Gasteiger partial charge in [-0.3, -0.25) is 15.1 Å². The molecule has 0 aromatic heterocycles. The summed E-state index contributed by atoms with van der Waals surface area (Å²) in [5, 5.41) is 13.8. The molecule has 0 spiro atoms. The van der Waals surface area contributed by atoms with E-state index in [0.29, 0.717) is 10.9 Å². The lowest BCUT2D eigenvalue weighted by molar-refractivity contribution is -0.141. The fourth-order valence-electron chi connectivity index (χ4n) is 3.32. The minimum atomic E-state index is -1.96. The van der Waals surface area contributed by atoms with Gasteiger partial charge in [0.1, 0.15) is 0 Å². The molecular formula is C21H17Cl2N3O5. The van der Waals surface area contributed by atoms with Crippen molar-refractivity contribution in [3.05, 3.63) is 74.7 Å². The monoisotopic (exact) mass is 461 g/mol. The number of carbonyl (C=O) groups excluding carboxylic acids is 2. The Labute approximate surface area is 186 Å². The van der Waals surface area contributed by atoms with Crippen LogP contribution in [0, 0.1) is 0 Å². The second-order valence-corrected chi connectivity index (χ2v) is 7.33. The number of fused-ring (bicyclic) bond motifs is 1. The summed E-state index contributed by atoms with van der Waals surface area (Å²) in [6.07, 6.45) is 1.61. The van der Waals surface area contributed by atoms with Gasteiger partial charge in [-0.05, 0) is 42.8 Å². The number of benzene rings is 2. The van der Waals surface area contributed by atoms with Crippen LogP contribution in [0.1, 0.15) is 12.5 Å². The van der Waals surface area contributed by atoms with E-state index in [4.69, 9.17) is 33.7 Å². The Morgan fingerprint density at radius 1 is 1.26 bits per heavy atom. The van der Waals surface area contributed by atoms with E-state index in [1.54, 1.807) is 19.1 Å². The molecule has 8 nitrogen and oxygen atoms in total. The highest BCUT2D eigenvalue weighted by Crippen LogP contribution is 2.38. The first kappa shape index (κ1) is 22.3. The first-order valence-electron chi connectivity index (χ1n) is 9.04. The van der Waals surface area contributed by atoms with Crippen molar-refractivity contribution in [1.29, 1.82) is 0 Å². The molecule has 2 aromatic rings. The van der Waals surface area contributed by atoms with Crippen LogP contribution in [0.15, 0.2) is 53.5 Å². The molecule has 10 heteroatoms. The normalized spacial score (nSPS) is 17.2. The smallest absolute Gasteiger partial charge is 0.411 e. The van der Waals surface area contributed by atoms with Gasteiger partial charge in [0, 0.05) is 27.6 Å². The number of nitrogens with one attached hydrogen (secondary N) is 1. The number of amides is 2. The molecule has 3 rings (SSSR count). The molecular weight excluding hydrogens is 445 g/mol. The van der Waals surface area contributed by atoms with Crippen LogP contribution in [-0.2, 0) is 19.9 Å². The highest BCUT2D eigenvalue weighted by atomic mass is 35.5. The van der Waals surface area contributed by atoms with Crippen molar-refractivity contribution < 1.29 is 24.2 Å². The van der Waals surface area contributed by atoms with Gasteiger partial charge in [0.05, 0.1) is 17.0 Å². The molecule has 1 aliphatic heterocycles. The standard InChI is InChI=1S/C21H17Cl2N3O5/c1-2-31-20(30)25-13-5-3-4-11(8-13)21(19(28)29)14(6-7-17(24)27)18-15(23)9-12(22)10-16(18)26-21/h3-10H,2H2,1H3,(H2,24,27)(H,25,30)(H,28,29). The van der Waals surface area contributed by atoms with Gasteiger partial charge in [-0.25, -0.2) is 9.59 Å². The minimum Gasteiger partial charge on any atom is -0.479 e. The van der Waals surface area contributed by atoms with Crippen molar-refractivity contribution in [3.63, 3.8) is 0 Å². The van der Waals surface area contributed by atoms with Gasteiger partial charge in [0.2, 0.25) is 11.4 Å². The van der Waals surface area contributed by atoms with Crippen LogP contribution in [0.25, 0.3) is 5.57 Å². The van der Waals surface area contributed by atoms with Gasteiger partial charge in [-0.15, -0.1) is 0 Å². The molecule has 0 aliphatic carbocycles. The van der Waals surface area contributed by atoms with Crippen LogP contribution in [0.5, 0.6) is 0 Å². The topological polar surface area (TPSA) is 131 Å². The average molecular weight is 462 g/mol. The second kappa shape index (κ2) is 8.79. The zero-order chi connectivity index (χ0) is 22.8. The lowest BCUT2D eigenvalue weighted by atomic mass is 9.82. The number of nitrogens with two attached hydrogens (primary N) is 1. The summed E-state index contributed by atoms with van der Waals surface area (Å²) in [4.78, 5) is 40.2. The number of hydrogen-bond acceptors (Lipinski definition) is 5. The molecule has 2 amide bonds. The number of anilines is 1. The van der Waals surface area contributed by atoms with Gasteiger partial charge >= 0.3 is 12.1 Å². The predicted molar refractivity (Wildman–Crippen MR) is 115 cm³/mol. The Kier molecular flexibility index (Phi) is 6.33. The maximum Gasteiger partial charge on any atom is 0.411 e. The molecule has 4 N–H and O–H groups in total. The molecule has 0 fully saturated rings. The Hall–Kier alpha value is -3.36. The lowest BCUT2D eigenvalue weighted by Gasteiger charge is -2.25. The molecule has 0 radical (unpaired) electrons. The van der Waals surface area contributed by atoms with Crippen LogP contribution in [0.2, 0.25) is 10.0 Å². The summed E-state index contributed by atoms with van der Waals surface area (Å²) < 4.78 is 4.86. The van der Waals surface area contributed by atoms with Crippen molar-refractivity contribution in [2.45, 2.75) is 12.5 Å². The van der Waals surface area contributed by atoms with E-state index in [1.807, 2.05) is 0 Å². The fourth-order valence-corrected chi connectivity index (χ4v) is 3.90. The van der Waals surface area contributed by atoms with E-state index < -0.39 is 23.5 Å². The highest BCUT2D eigenvalue weighted by Gasteiger charge is 2.46. The third-order valence-electron chi connectivity index (χ3n) is 4.51. The summed E-state index contributed by atoms with van der Waals surface area (Å²) in [6, 6.07) is 9.05. The number of carboxylic acid groups (broad SMARTS) is 1. The third kappa shape index (κ3) is 4.26. The second-order valence-electron chi connectivity index (χ2n) is 6.48. The van der Waals surface area contributed by atoms with Crippen LogP contribution in [0.3, 0.4) is 0 Å². The van der Waals surface area contributed by atoms with Gasteiger partial charge in [-0.2, -0.15) is 0 Å². The molecule has 31 heavy (non-hydrogen) atoms.